The number of benzene rings is 2. The first-order valence-electron chi connectivity index (χ1n) is 12.7. The second-order valence-corrected chi connectivity index (χ2v) is 11.2. The third-order valence-electron chi connectivity index (χ3n) is 6.20. The Bertz CT molecular complexity index is 1800. The van der Waals surface area contributed by atoms with Crippen molar-refractivity contribution in [1.82, 2.24) is 4.57 Å². The van der Waals surface area contributed by atoms with Crippen LogP contribution < -0.4 is 19.6 Å². The highest BCUT2D eigenvalue weighted by Crippen LogP contribution is 2.32. The van der Waals surface area contributed by atoms with Crippen LogP contribution in [-0.4, -0.2) is 23.2 Å². The van der Waals surface area contributed by atoms with Crippen molar-refractivity contribution in [3.63, 3.8) is 0 Å². The van der Waals surface area contributed by atoms with Crippen molar-refractivity contribution in [2.45, 2.75) is 39.8 Å². The average Bonchev–Trinajstić information content (AvgIpc) is 3.49. The molecule has 7 nitrogen and oxygen atoms in total. The summed E-state index contributed by atoms with van der Waals surface area (Å²) in [6.07, 6.45) is 1.34. The molecule has 0 N–H and O–H groups in total. The van der Waals surface area contributed by atoms with Crippen molar-refractivity contribution in [3.05, 3.63) is 107 Å². The van der Waals surface area contributed by atoms with E-state index in [-0.39, 0.29) is 11.7 Å². The van der Waals surface area contributed by atoms with Crippen LogP contribution in [0.4, 0.5) is 0 Å². The van der Waals surface area contributed by atoms with E-state index < -0.39 is 12.0 Å². The molecule has 0 saturated carbocycles. The van der Waals surface area contributed by atoms with Crippen molar-refractivity contribution in [1.29, 1.82) is 0 Å². The fourth-order valence-corrected chi connectivity index (χ4v) is 5.78. The SMILES string of the molecule is CCOc1ccc(C2C(C(=O)OC(C)C)=C(C)N=c3s/c(=C\c4ccc(-c5ccc(Cl)c(Cl)c5)o4)c(=O)n32)cc1. The first kappa shape index (κ1) is 28.0. The summed E-state index contributed by atoms with van der Waals surface area (Å²) < 4.78 is 19.1. The topological polar surface area (TPSA) is 83.0 Å². The Balaban J connectivity index is 1.61. The highest BCUT2D eigenvalue weighted by atomic mass is 35.5. The van der Waals surface area contributed by atoms with Crippen LogP contribution in [-0.2, 0) is 9.53 Å². The summed E-state index contributed by atoms with van der Waals surface area (Å²) >= 11 is 13.4. The summed E-state index contributed by atoms with van der Waals surface area (Å²) in [5.41, 5.74) is 2.02. The van der Waals surface area contributed by atoms with Gasteiger partial charge in [0.05, 0.1) is 44.6 Å². The number of carbonyl (C=O) groups is 1. The van der Waals surface area contributed by atoms with Gasteiger partial charge in [-0.1, -0.05) is 46.7 Å². The lowest BCUT2D eigenvalue weighted by molar-refractivity contribution is -0.143. The zero-order chi connectivity index (χ0) is 28.6. The Morgan fingerprint density at radius 1 is 1.12 bits per heavy atom. The molecule has 10 heteroatoms. The second-order valence-electron chi connectivity index (χ2n) is 9.37. The second kappa shape index (κ2) is 11.5. The lowest BCUT2D eigenvalue weighted by Gasteiger charge is -2.25. The number of esters is 1. The Labute approximate surface area is 244 Å². The number of furan rings is 1. The van der Waals surface area contributed by atoms with Crippen LogP contribution in [0.2, 0.25) is 10.0 Å². The van der Waals surface area contributed by atoms with Crippen molar-refractivity contribution in [2.24, 2.45) is 4.99 Å². The third kappa shape index (κ3) is 5.52. The summed E-state index contributed by atoms with van der Waals surface area (Å²) in [6, 6.07) is 15.4. The lowest BCUT2D eigenvalue weighted by atomic mass is 9.96. The van der Waals surface area contributed by atoms with E-state index in [4.69, 9.17) is 37.1 Å². The first-order valence-corrected chi connectivity index (χ1v) is 14.2. The maximum Gasteiger partial charge on any atom is 0.338 e. The third-order valence-corrected chi connectivity index (χ3v) is 7.92. The zero-order valence-corrected chi connectivity index (χ0v) is 24.6. The van der Waals surface area contributed by atoms with Crippen molar-refractivity contribution >= 4 is 46.6 Å². The molecular weight excluding hydrogens is 571 g/mol. The van der Waals surface area contributed by atoms with E-state index >= 15 is 0 Å². The Morgan fingerprint density at radius 2 is 1.88 bits per heavy atom. The van der Waals surface area contributed by atoms with Gasteiger partial charge in [0.25, 0.3) is 5.56 Å². The fraction of sp³-hybridized carbons (Fsp3) is 0.233. The van der Waals surface area contributed by atoms with E-state index in [2.05, 4.69) is 4.99 Å². The summed E-state index contributed by atoms with van der Waals surface area (Å²) in [4.78, 5) is 32.2. The predicted molar refractivity (Wildman–Crippen MR) is 157 cm³/mol. The molecule has 1 atom stereocenters. The minimum Gasteiger partial charge on any atom is -0.494 e. The maximum atomic E-state index is 13.8. The maximum absolute atomic E-state index is 13.8. The van der Waals surface area contributed by atoms with E-state index in [9.17, 15) is 9.59 Å². The predicted octanol–water partition coefficient (Wildman–Crippen LogP) is 6.15. The van der Waals surface area contributed by atoms with Gasteiger partial charge in [-0.2, -0.15) is 0 Å². The normalized spacial score (nSPS) is 15.3. The molecular formula is C30H26Cl2N2O5S. The van der Waals surface area contributed by atoms with E-state index in [1.54, 1.807) is 55.7 Å². The number of hydrogen-bond acceptors (Lipinski definition) is 7. The molecule has 0 saturated heterocycles. The van der Waals surface area contributed by atoms with Crippen molar-refractivity contribution < 1.29 is 18.7 Å². The van der Waals surface area contributed by atoms with Gasteiger partial charge in [-0.15, -0.1) is 0 Å². The lowest BCUT2D eigenvalue weighted by Crippen LogP contribution is -2.40. The molecule has 1 aliphatic rings. The fourth-order valence-electron chi connectivity index (χ4n) is 4.45. The summed E-state index contributed by atoms with van der Waals surface area (Å²) in [5.74, 6) is 1.25. The molecule has 0 bridgehead atoms. The molecule has 0 amide bonds. The van der Waals surface area contributed by atoms with Gasteiger partial charge in [-0.25, -0.2) is 9.79 Å². The molecule has 0 radical (unpaired) electrons. The van der Waals surface area contributed by atoms with Crippen LogP contribution in [0.25, 0.3) is 17.4 Å². The van der Waals surface area contributed by atoms with E-state index in [1.807, 2.05) is 37.3 Å². The van der Waals surface area contributed by atoms with Gasteiger partial charge in [-0.05, 0) is 75.7 Å². The molecule has 2 aromatic heterocycles. The zero-order valence-electron chi connectivity index (χ0n) is 22.2. The first-order chi connectivity index (χ1) is 19.2. The molecule has 1 aliphatic heterocycles. The number of thiazole rings is 1. The number of ether oxygens (including phenoxy) is 2. The number of aromatic nitrogens is 1. The molecule has 40 heavy (non-hydrogen) atoms. The molecule has 2 aromatic carbocycles. The van der Waals surface area contributed by atoms with Crippen molar-refractivity contribution in [3.8, 4) is 17.1 Å². The van der Waals surface area contributed by atoms with Crippen LogP contribution in [0.1, 0.15) is 45.1 Å². The highest BCUT2D eigenvalue weighted by Gasteiger charge is 2.33. The van der Waals surface area contributed by atoms with Crippen LogP contribution in [0, 0.1) is 0 Å². The largest absolute Gasteiger partial charge is 0.494 e. The number of allylic oxidation sites excluding steroid dienone is 1. The van der Waals surface area contributed by atoms with Gasteiger partial charge in [-0.3, -0.25) is 9.36 Å². The van der Waals surface area contributed by atoms with Crippen molar-refractivity contribution in [2.75, 3.05) is 6.61 Å². The molecule has 3 heterocycles. The summed E-state index contributed by atoms with van der Waals surface area (Å²) in [6.45, 7) is 7.75. The van der Waals surface area contributed by atoms with Crippen LogP contribution in [0.5, 0.6) is 5.75 Å². The van der Waals surface area contributed by atoms with Gasteiger partial charge in [0, 0.05) is 11.6 Å². The number of halogens is 2. The summed E-state index contributed by atoms with van der Waals surface area (Å²) in [7, 11) is 0. The van der Waals surface area contributed by atoms with Crippen LogP contribution >= 0.6 is 34.5 Å². The number of nitrogens with zero attached hydrogens (tertiary/aromatic N) is 2. The van der Waals surface area contributed by atoms with E-state index in [0.717, 1.165) is 11.1 Å². The highest BCUT2D eigenvalue weighted by molar-refractivity contribution is 7.07. The Hall–Kier alpha value is -3.59. The Kier molecular flexibility index (Phi) is 8.03. The standard InChI is InChI=1S/C30H26Cl2N2O5S/c1-5-37-20-9-6-18(7-10-20)27-26(29(36)38-16(2)3)17(4)33-30-34(27)28(35)25(40-30)15-21-11-13-24(39-21)19-8-12-22(31)23(32)14-19/h6-16,27H,5H2,1-4H3/b25-15-. The van der Waals surface area contributed by atoms with Crippen LogP contribution in [0.15, 0.2) is 80.1 Å². The molecule has 206 valence electrons. The van der Waals surface area contributed by atoms with E-state index in [0.29, 0.717) is 54.5 Å². The molecule has 0 fully saturated rings. The average molecular weight is 598 g/mol. The molecule has 4 aromatic rings. The van der Waals surface area contributed by atoms with Gasteiger partial charge >= 0.3 is 5.97 Å². The number of rotatable bonds is 7. The monoisotopic (exact) mass is 596 g/mol. The molecule has 1 unspecified atom stereocenters. The van der Waals surface area contributed by atoms with E-state index in [1.165, 1.54) is 11.3 Å². The number of carbonyl (C=O) groups excluding carboxylic acids is 1. The van der Waals surface area contributed by atoms with Gasteiger partial charge < -0.3 is 13.9 Å². The molecule has 0 aliphatic carbocycles. The molecule has 0 spiro atoms. The minimum absolute atomic E-state index is 0.294. The van der Waals surface area contributed by atoms with Gasteiger partial charge in [0.15, 0.2) is 4.80 Å². The summed E-state index contributed by atoms with van der Waals surface area (Å²) in [5, 5.41) is 0.870. The molecule has 5 rings (SSSR count). The van der Waals surface area contributed by atoms with Gasteiger partial charge in [0.1, 0.15) is 17.3 Å². The van der Waals surface area contributed by atoms with Gasteiger partial charge in [0.2, 0.25) is 0 Å². The minimum atomic E-state index is -0.719. The quantitative estimate of drug-likeness (QED) is 0.239. The number of fused-ring (bicyclic) bond motifs is 1. The number of hydrogen-bond donors (Lipinski definition) is 0. The Morgan fingerprint density at radius 3 is 2.55 bits per heavy atom. The van der Waals surface area contributed by atoms with Crippen LogP contribution in [0.3, 0.4) is 0 Å². The smallest absolute Gasteiger partial charge is 0.338 e.